The van der Waals surface area contributed by atoms with E-state index in [2.05, 4.69) is 44.9 Å². The number of nitriles is 7. The van der Waals surface area contributed by atoms with Crippen molar-refractivity contribution in [3.63, 3.8) is 0 Å². The fourth-order valence-electron chi connectivity index (χ4n) is 5.22. The van der Waals surface area contributed by atoms with Crippen LogP contribution in [0.15, 0.2) is 82.8 Å². The van der Waals surface area contributed by atoms with Crippen molar-refractivity contribution in [2.24, 2.45) is 30.0 Å². The molecule has 1 aromatic heterocycles. The van der Waals surface area contributed by atoms with E-state index in [0.29, 0.717) is 0 Å². The molecule has 0 radical (unpaired) electrons. The molecule has 0 saturated heterocycles. The predicted octanol–water partition coefficient (Wildman–Crippen LogP) is 0.674. The molecule has 16 nitrogen and oxygen atoms in total. The lowest BCUT2D eigenvalue weighted by atomic mass is 10.0. The summed E-state index contributed by atoms with van der Waals surface area (Å²) in [6.07, 6.45) is 0. The van der Waals surface area contributed by atoms with E-state index in [4.69, 9.17) is 0 Å². The SMILES string of the molecule is N#CC(C#N)=C1N=c2ccc(-c3nc(C(C#N)=C4N=c5c(F)c(F)c(F)c(F)c5=N4)nc(-c4ccc5c(c4C#N)=NC(=C(C#N)C#N)N=5)n3)c(C#N)c2=N1. The zero-order valence-electron chi connectivity index (χ0n) is 26.0. The highest BCUT2D eigenvalue weighted by Crippen LogP contribution is 2.27. The number of aromatic nitrogens is 3. The van der Waals surface area contributed by atoms with E-state index in [1.165, 1.54) is 24.3 Å². The van der Waals surface area contributed by atoms with E-state index in [9.17, 15) is 54.4 Å². The van der Waals surface area contributed by atoms with E-state index in [0.717, 1.165) is 0 Å². The number of hydrogen-bond acceptors (Lipinski definition) is 16. The van der Waals surface area contributed by atoms with E-state index in [-0.39, 0.29) is 67.0 Å². The molecule has 0 spiro atoms. The topological polar surface area (TPSA) is 279 Å². The highest BCUT2D eigenvalue weighted by molar-refractivity contribution is 5.78. The van der Waals surface area contributed by atoms with Crippen LogP contribution in [0.25, 0.3) is 28.3 Å². The van der Waals surface area contributed by atoms with Crippen LogP contribution in [-0.2, 0) is 0 Å². The summed E-state index contributed by atoms with van der Waals surface area (Å²) in [6, 6.07) is 17.5. The lowest BCUT2D eigenvalue weighted by Crippen LogP contribution is -2.32. The summed E-state index contributed by atoms with van der Waals surface area (Å²) in [5.74, 6) is -10.8. The summed E-state index contributed by atoms with van der Waals surface area (Å²) >= 11 is 0. The van der Waals surface area contributed by atoms with Crippen LogP contribution in [0.5, 0.6) is 0 Å². The highest BCUT2D eigenvalue weighted by Gasteiger charge is 2.27. The quantitative estimate of drug-likeness (QED) is 0.124. The molecule has 4 heterocycles. The third-order valence-electron chi connectivity index (χ3n) is 7.65. The summed E-state index contributed by atoms with van der Waals surface area (Å²) < 4.78 is 57.4. The average Bonchev–Trinajstić information content (AvgIpc) is 3.94. The van der Waals surface area contributed by atoms with Crippen molar-refractivity contribution in [3.8, 4) is 65.3 Å². The summed E-state index contributed by atoms with van der Waals surface area (Å²) in [4.78, 5) is 37.0. The first-order valence-corrected chi connectivity index (χ1v) is 14.4. The molecular formula is C34H4F4N16. The molecule has 7 rings (SSSR count). The van der Waals surface area contributed by atoms with Crippen LogP contribution in [0, 0.1) is 103 Å². The summed E-state index contributed by atoms with van der Waals surface area (Å²) in [5, 5.41) is 65.9. The molecule has 0 N–H and O–H groups in total. The Morgan fingerprint density at radius 3 is 1.22 bits per heavy atom. The Hall–Kier alpha value is -9.16. The number of hydrogen-bond donors (Lipinski definition) is 0. The number of benzene rings is 3. The first-order chi connectivity index (χ1) is 26.1. The number of halogens is 4. The molecule has 0 atom stereocenters. The van der Waals surface area contributed by atoms with Gasteiger partial charge < -0.3 is 0 Å². The lowest BCUT2D eigenvalue weighted by molar-refractivity contribution is 0.399. The summed E-state index contributed by atoms with van der Waals surface area (Å²) in [5.41, 5.74) is -2.22. The van der Waals surface area contributed by atoms with Crippen LogP contribution < -0.4 is 32.1 Å². The Morgan fingerprint density at radius 1 is 0.444 bits per heavy atom. The van der Waals surface area contributed by atoms with Gasteiger partial charge in [0.1, 0.15) is 69.5 Å². The number of rotatable bonds is 3. The first-order valence-electron chi connectivity index (χ1n) is 14.4. The van der Waals surface area contributed by atoms with Crippen molar-refractivity contribution >= 4 is 5.57 Å². The predicted molar refractivity (Wildman–Crippen MR) is 162 cm³/mol. The third kappa shape index (κ3) is 4.97. The molecule has 54 heavy (non-hydrogen) atoms. The van der Waals surface area contributed by atoms with E-state index >= 15 is 0 Å². The zero-order chi connectivity index (χ0) is 38.4. The highest BCUT2D eigenvalue weighted by atomic mass is 19.2. The van der Waals surface area contributed by atoms with Gasteiger partial charge in [-0.05, 0) is 24.3 Å². The van der Waals surface area contributed by atoms with E-state index in [1.54, 1.807) is 30.3 Å². The summed E-state index contributed by atoms with van der Waals surface area (Å²) in [7, 11) is 0. The van der Waals surface area contributed by atoms with Gasteiger partial charge in [0.05, 0.1) is 21.8 Å². The molecule has 0 amide bonds. The van der Waals surface area contributed by atoms with Gasteiger partial charge in [0.2, 0.25) is 0 Å². The maximum absolute atomic E-state index is 14.6. The molecule has 0 saturated carbocycles. The monoisotopic (exact) mass is 712 g/mol. The first kappa shape index (κ1) is 33.3. The van der Waals surface area contributed by atoms with E-state index < -0.39 is 62.3 Å². The molecule has 3 aliphatic rings. The van der Waals surface area contributed by atoms with Gasteiger partial charge in [0.15, 0.2) is 69.4 Å². The van der Waals surface area contributed by atoms with Crippen molar-refractivity contribution in [1.82, 2.24) is 15.0 Å². The van der Waals surface area contributed by atoms with E-state index in [1.807, 2.05) is 12.1 Å². The maximum atomic E-state index is 14.6. The van der Waals surface area contributed by atoms with Gasteiger partial charge in [-0.15, -0.1) is 0 Å². The second kappa shape index (κ2) is 12.6. The van der Waals surface area contributed by atoms with Crippen molar-refractivity contribution in [3.05, 3.63) is 125 Å². The maximum Gasteiger partial charge on any atom is 0.199 e. The van der Waals surface area contributed by atoms with Gasteiger partial charge in [-0.2, -0.15) is 36.8 Å². The minimum atomic E-state index is -2.17. The fraction of sp³-hybridized carbons (Fsp3) is 0. The Kier molecular flexibility index (Phi) is 7.79. The van der Waals surface area contributed by atoms with Crippen LogP contribution in [-0.4, -0.2) is 15.0 Å². The molecule has 0 bridgehead atoms. The Balaban J connectivity index is 1.56. The molecule has 3 aromatic carbocycles. The minimum Gasteiger partial charge on any atom is -0.225 e. The average molecular weight is 713 g/mol. The van der Waals surface area contributed by atoms with Gasteiger partial charge >= 0.3 is 0 Å². The fourth-order valence-corrected chi connectivity index (χ4v) is 5.22. The van der Waals surface area contributed by atoms with Crippen LogP contribution in [0.2, 0.25) is 0 Å². The third-order valence-corrected chi connectivity index (χ3v) is 7.65. The molecule has 20 heteroatoms. The van der Waals surface area contributed by atoms with Crippen LogP contribution in [0.1, 0.15) is 17.0 Å². The minimum absolute atomic E-state index is 0.0811. The van der Waals surface area contributed by atoms with Gasteiger partial charge in [-0.3, -0.25) is 0 Å². The van der Waals surface area contributed by atoms with Crippen LogP contribution in [0.3, 0.4) is 0 Å². The van der Waals surface area contributed by atoms with Gasteiger partial charge in [-0.25, -0.2) is 62.5 Å². The smallest absolute Gasteiger partial charge is 0.199 e. The van der Waals surface area contributed by atoms with Crippen molar-refractivity contribution in [1.29, 1.82) is 36.8 Å². The summed E-state index contributed by atoms with van der Waals surface area (Å²) in [6.45, 7) is 0. The number of fused-ring (bicyclic) bond motifs is 3. The van der Waals surface area contributed by atoms with Crippen molar-refractivity contribution < 1.29 is 17.6 Å². The van der Waals surface area contributed by atoms with Gasteiger partial charge in [-0.1, -0.05) is 0 Å². The zero-order valence-corrected chi connectivity index (χ0v) is 26.0. The molecular weight excluding hydrogens is 708 g/mol. The number of allylic oxidation sites excluding steroid dienone is 3. The second-order valence-electron chi connectivity index (χ2n) is 10.5. The van der Waals surface area contributed by atoms with Gasteiger partial charge in [0.25, 0.3) is 0 Å². The van der Waals surface area contributed by atoms with Crippen molar-refractivity contribution in [2.75, 3.05) is 0 Å². The molecule has 4 aromatic rings. The van der Waals surface area contributed by atoms with Crippen LogP contribution in [0.4, 0.5) is 17.6 Å². The normalized spacial score (nSPS) is 12.4. The van der Waals surface area contributed by atoms with Crippen LogP contribution >= 0.6 is 0 Å². The van der Waals surface area contributed by atoms with Gasteiger partial charge in [0, 0.05) is 11.1 Å². The molecule has 0 aliphatic carbocycles. The Labute approximate surface area is 295 Å². The molecule has 0 unspecified atom stereocenters. The Bertz CT molecular complexity index is 3110. The molecule has 248 valence electrons. The number of nitrogens with zero attached hydrogens (tertiary/aromatic N) is 16. The molecule has 0 fully saturated rings. The largest absolute Gasteiger partial charge is 0.225 e. The standard InChI is InChI=1S/C34H4F4N16/c35-21-22(36)24(38)28-27(23(21)37)50-33(51-28)18(11-45)34-53-31(14-1-3-19-25(16(14)9-43)48-29(46-19)12(5-39)6-40)52-32(54-34)15-2-4-20-26(17(15)10-44)49-30(47-20)13(7-41)8-42/h1-4H. The molecule has 3 aliphatic heterocycles. The lowest BCUT2D eigenvalue weighted by Gasteiger charge is -2.09. The van der Waals surface area contributed by atoms with Crippen molar-refractivity contribution in [2.45, 2.75) is 0 Å². The Morgan fingerprint density at radius 2 is 0.852 bits per heavy atom. The second-order valence-corrected chi connectivity index (χ2v) is 10.5.